The maximum Gasteiger partial charge on any atom is 0.337 e. The Bertz CT molecular complexity index is 2170. The summed E-state index contributed by atoms with van der Waals surface area (Å²) in [5.41, 5.74) is 5.61. The standard InChI is InChI=1S/C38H43FN6O5/c1-21-25-9-8-16-49-33(25)28(39)18-26(21)32-27-19-30(42(6)35(27)41-22(2)31(32)34(37(47)48)50-38(3,4)5)36(46)45-14-12-44(13-15-45)24-10-11-29-23(17-24)20-40-43(29)7/h10-11,17-20,34H,8-9,12-16H2,1-7H3,(H,47,48)/t34-/m0/s1. The molecule has 0 saturated carbocycles. The molecule has 0 radical (unpaired) electrons. The number of aryl methyl sites for hydroxylation is 3. The molecule has 2 aliphatic rings. The highest BCUT2D eigenvalue weighted by Crippen LogP contribution is 2.45. The molecule has 1 atom stereocenters. The number of hydrogen-bond acceptors (Lipinski definition) is 7. The number of nitrogens with zero attached hydrogens (tertiary/aromatic N) is 6. The van der Waals surface area contributed by atoms with Crippen LogP contribution in [-0.4, -0.2) is 79.6 Å². The monoisotopic (exact) mass is 682 g/mol. The van der Waals surface area contributed by atoms with Gasteiger partial charge in [0.05, 0.1) is 23.9 Å². The van der Waals surface area contributed by atoms with E-state index in [1.54, 1.807) is 45.4 Å². The van der Waals surface area contributed by atoms with Crippen LogP contribution in [0.4, 0.5) is 10.1 Å². The van der Waals surface area contributed by atoms with Gasteiger partial charge in [0.2, 0.25) is 0 Å². The molecular formula is C38H43FN6O5. The summed E-state index contributed by atoms with van der Waals surface area (Å²) in [6.45, 7) is 11.8. The van der Waals surface area contributed by atoms with Gasteiger partial charge in [-0.05, 0) is 88.9 Å². The number of aromatic nitrogens is 4. The zero-order valence-corrected chi connectivity index (χ0v) is 29.6. The quantitative estimate of drug-likeness (QED) is 0.228. The third kappa shape index (κ3) is 5.74. The van der Waals surface area contributed by atoms with Crippen LogP contribution in [0.25, 0.3) is 33.1 Å². The van der Waals surface area contributed by atoms with Crippen molar-refractivity contribution < 1.29 is 28.6 Å². The van der Waals surface area contributed by atoms with Crippen molar-refractivity contribution in [2.24, 2.45) is 14.1 Å². The van der Waals surface area contributed by atoms with E-state index in [0.29, 0.717) is 78.3 Å². The first kappa shape index (κ1) is 33.5. The third-order valence-corrected chi connectivity index (χ3v) is 9.95. The van der Waals surface area contributed by atoms with Crippen LogP contribution in [0.5, 0.6) is 5.75 Å². The lowest BCUT2D eigenvalue weighted by Gasteiger charge is -2.36. The number of aliphatic carboxylic acids is 1. The number of anilines is 1. The first-order chi connectivity index (χ1) is 23.7. The number of pyridine rings is 1. The van der Waals surface area contributed by atoms with Crippen molar-refractivity contribution >= 4 is 39.5 Å². The van der Waals surface area contributed by atoms with Crippen LogP contribution in [-0.2, 0) is 30.0 Å². The van der Waals surface area contributed by atoms with Gasteiger partial charge in [0.1, 0.15) is 11.3 Å². The van der Waals surface area contributed by atoms with Crippen molar-refractivity contribution in [3.8, 4) is 16.9 Å². The summed E-state index contributed by atoms with van der Waals surface area (Å²) in [5.74, 6) is -1.60. The van der Waals surface area contributed by atoms with E-state index >= 15 is 4.39 Å². The number of carbonyl (C=O) groups is 2. The number of carbonyl (C=O) groups excluding carboxylic acids is 1. The largest absolute Gasteiger partial charge is 0.490 e. The Hall–Kier alpha value is -4.97. The highest BCUT2D eigenvalue weighted by Gasteiger charge is 2.35. The van der Waals surface area contributed by atoms with Crippen LogP contribution < -0.4 is 9.64 Å². The second-order valence-electron chi connectivity index (χ2n) is 14.3. The van der Waals surface area contributed by atoms with Gasteiger partial charge in [0, 0.05) is 79.1 Å². The third-order valence-electron chi connectivity index (χ3n) is 9.95. The first-order valence-corrected chi connectivity index (χ1v) is 17.0. The van der Waals surface area contributed by atoms with Gasteiger partial charge >= 0.3 is 5.97 Å². The topological polar surface area (TPSA) is 115 Å². The highest BCUT2D eigenvalue weighted by atomic mass is 19.1. The van der Waals surface area contributed by atoms with Gasteiger partial charge in [-0.15, -0.1) is 0 Å². The minimum absolute atomic E-state index is 0.152. The Balaban J connectivity index is 1.31. The van der Waals surface area contributed by atoms with E-state index < -0.39 is 23.5 Å². The van der Waals surface area contributed by atoms with E-state index in [1.807, 2.05) is 29.7 Å². The number of piperazine rings is 1. The molecular weight excluding hydrogens is 639 g/mol. The van der Waals surface area contributed by atoms with Crippen molar-refractivity contribution in [1.82, 2.24) is 24.2 Å². The van der Waals surface area contributed by atoms with Crippen molar-refractivity contribution in [1.29, 1.82) is 0 Å². The van der Waals surface area contributed by atoms with Gasteiger partial charge < -0.3 is 28.9 Å². The molecule has 1 N–H and O–H groups in total. The zero-order chi connectivity index (χ0) is 35.6. The molecule has 11 nitrogen and oxygen atoms in total. The molecule has 12 heteroatoms. The number of rotatable bonds is 6. The van der Waals surface area contributed by atoms with Crippen molar-refractivity contribution in [2.45, 2.75) is 59.2 Å². The summed E-state index contributed by atoms with van der Waals surface area (Å²) < 4.78 is 31.3. The Labute approximate surface area is 290 Å². The summed E-state index contributed by atoms with van der Waals surface area (Å²) in [6.07, 6.45) is 1.84. The maximum atomic E-state index is 15.8. The van der Waals surface area contributed by atoms with Gasteiger partial charge in [-0.2, -0.15) is 5.10 Å². The van der Waals surface area contributed by atoms with Crippen molar-refractivity contribution in [3.05, 3.63) is 70.4 Å². The number of carboxylic acids is 1. The number of carboxylic acid groups (broad SMARTS) is 1. The molecule has 50 heavy (non-hydrogen) atoms. The van der Waals surface area contributed by atoms with E-state index in [4.69, 9.17) is 14.5 Å². The number of ether oxygens (including phenoxy) is 2. The molecule has 2 aliphatic heterocycles. The minimum atomic E-state index is -1.39. The molecule has 2 aromatic carbocycles. The minimum Gasteiger partial charge on any atom is -0.490 e. The van der Waals surface area contributed by atoms with E-state index in [2.05, 4.69) is 28.2 Å². The lowest BCUT2D eigenvalue weighted by Crippen LogP contribution is -2.49. The Morgan fingerprint density at radius 2 is 1.80 bits per heavy atom. The van der Waals surface area contributed by atoms with Gasteiger partial charge in [0.15, 0.2) is 17.7 Å². The van der Waals surface area contributed by atoms with Crippen molar-refractivity contribution in [2.75, 3.05) is 37.7 Å². The predicted molar refractivity (Wildman–Crippen MR) is 189 cm³/mol. The molecule has 1 fully saturated rings. The second-order valence-corrected chi connectivity index (χ2v) is 14.3. The van der Waals surface area contributed by atoms with Gasteiger partial charge in [-0.3, -0.25) is 9.48 Å². The molecule has 1 amide bonds. The normalized spacial score (nSPS) is 15.8. The Morgan fingerprint density at radius 3 is 2.50 bits per heavy atom. The maximum absolute atomic E-state index is 15.8. The number of benzene rings is 2. The van der Waals surface area contributed by atoms with E-state index in [1.165, 1.54) is 6.07 Å². The lowest BCUT2D eigenvalue weighted by atomic mass is 9.86. The molecule has 262 valence electrons. The number of fused-ring (bicyclic) bond motifs is 3. The van der Waals surface area contributed by atoms with Crippen LogP contribution in [0.1, 0.15) is 66.2 Å². The van der Waals surface area contributed by atoms with Crippen LogP contribution in [0.3, 0.4) is 0 Å². The molecule has 5 heterocycles. The Kier molecular flexibility index (Phi) is 8.32. The lowest BCUT2D eigenvalue weighted by molar-refractivity contribution is -0.160. The molecule has 5 aromatic rings. The van der Waals surface area contributed by atoms with Crippen LogP contribution >= 0.6 is 0 Å². The summed E-state index contributed by atoms with van der Waals surface area (Å²) in [7, 11) is 3.71. The SMILES string of the molecule is Cc1nc2c(cc(C(=O)N3CCN(c4ccc5c(cnn5C)c4)CC3)n2C)c(-c2cc(F)c3c(c2C)CCCO3)c1[C@H](OC(C)(C)C)C(=O)O. The second kappa shape index (κ2) is 12.4. The highest BCUT2D eigenvalue weighted by molar-refractivity contribution is 6.05. The number of hydrogen-bond donors (Lipinski definition) is 1. The molecule has 0 unspecified atom stereocenters. The number of amides is 1. The van der Waals surface area contributed by atoms with E-state index in [0.717, 1.165) is 34.1 Å². The molecule has 0 bridgehead atoms. The van der Waals surface area contributed by atoms with Crippen LogP contribution in [0.15, 0.2) is 36.5 Å². The fourth-order valence-corrected chi connectivity index (χ4v) is 7.45. The molecule has 3 aromatic heterocycles. The van der Waals surface area contributed by atoms with Crippen molar-refractivity contribution in [3.63, 3.8) is 0 Å². The summed E-state index contributed by atoms with van der Waals surface area (Å²) in [5, 5.41) is 16.5. The Morgan fingerprint density at radius 1 is 1.06 bits per heavy atom. The summed E-state index contributed by atoms with van der Waals surface area (Å²) in [6, 6.07) is 9.47. The molecule has 0 aliphatic carbocycles. The number of halogens is 1. The van der Waals surface area contributed by atoms with Gasteiger partial charge in [-0.25, -0.2) is 14.2 Å². The zero-order valence-electron chi connectivity index (χ0n) is 29.6. The molecule has 0 spiro atoms. The first-order valence-electron chi connectivity index (χ1n) is 17.0. The average molecular weight is 683 g/mol. The van der Waals surface area contributed by atoms with Crippen LogP contribution in [0, 0.1) is 19.7 Å². The smallest absolute Gasteiger partial charge is 0.337 e. The average Bonchev–Trinajstić information content (AvgIpc) is 3.62. The fraction of sp³-hybridized carbons (Fsp3) is 0.421. The summed E-state index contributed by atoms with van der Waals surface area (Å²) >= 11 is 0. The fourth-order valence-electron chi connectivity index (χ4n) is 7.45. The summed E-state index contributed by atoms with van der Waals surface area (Å²) in [4.78, 5) is 36.1. The van der Waals surface area contributed by atoms with Crippen LogP contribution in [0.2, 0.25) is 0 Å². The molecule has 1 saturated heterocycles. The van der Waals surface area contributed by atoms with Gasteiger partial charge in [0.25, 0.3) is 5.91 Å². The van der Waals surface area contributed by atoms with Gasteiger partial charge in [-0.1, -0.05) is 0 Å². The molecule has 7 rings (SSSR count). The predicted octanol–water partition coefficient (Wildman–Crippen LogP) is 6.11. The van der Waals surface area contributed by atoms with E-state index in [9.17, 15) is 14.7 Å². The van der Waals surface area contributed by atoms with E-state index in [-0.39, 0.29) is 11.7 Å².